The fraction of sp³-hybridized carbons (Fsp3) is 0.208. The molecule has 2 amide bonds. The van der Waals surface area contributed by atoms with E-state index in [1.807, 2.05) is 37.3 Å². The van der Waals surface area contributed by atoms with Crippen molar-refractivity contribution in [2.45, 2.75) is 26.3 Å². The molecular formula is C24H24N2O4. The van der Waals surface area contributed by atoms with E-state index in [0.717, 1.165) is 11.1 Å². The number of benzene rings is 2. The Hall–Kier alpha value is -3.67. The summed E-state index contributed by atoms with van der Waals surface area (Å²) >= 11 is 0. The standard InChI is InChI=1S/C24H24N2O4/c1-3-4-5-10-21(27)26-14-13-17-8-6-7-9-19(17)22(26)23(28)25-20-12-11-18(24(29)30)15-16(20)2/h3-12,15,22H,13-14H2,1-2H3,(H,25,28)(H,29,30). The number of nitrogens with zero attached hydrogens (tertiary/aromatic N) is 1. The first kappa shape index (κ1) is 21.0. The molecule has 1 aliphatic heterocycles. The minimum absolute atomic E-state index is 0.152. The lowest BCUT2D eigenvalue weighted by Crippen LogP contribution is -2.44. The maximum atomic E-state index is 13.3. The van der Waals surface area contributed by atoms with Crippen LogP contribution >= 0.6 is 0 Å². The smallest absolute Gasteiger partial charge is 0.335 e. The minimum Gasteiger partial charge on any atom is -0.478 e. The minimum atomic E-state index is -1.03. The molecule has 2 N–H and O–H groups in total. The molecule has 0 saturated carbocycles. The first-order valence-corrected chi connectivity index (χ1v) is 9.75. The highest BCUT2D eigenvalue weighted by Gasteiger charge is 2.35. The van der Waals surface area contributed by atoms with Gasteiger partial charge < -0.3 is 15.3 Å². The van der Waals surface area contributed by atoms with E-state index >= 15 is 0 Å². The van der Waals surface area contributed by atoms with Gasteiger partial charge in [-0.3, -0.25) is 9.59 Å². The summed E-state index contributed by atoms with van der Waals surface area (Å²) in [5.74, 6) is -1.59. The number of carbonyl (C=O) groups excluding carboxylic acids is 2. The van der Waals surface area contributed by atoms with Crippen molar-refractivity contribution in [1.29, 1.82) is 0 Å². The molecule has 6 heteroatoms. The van der Waals surface area contributed by atoms with Crippen LogP contribution in [0.15, 0.2) is 66.8 Å². The summed E-state index contributed by atoms with van der Waals surface area (Å²) in [7, 11) is 0. The second kappa shape index (κ2) is 9.22. The maximum absolute atomic E-state index is 13.3. The number of carboxylic acids is 1. The Morgan fingerprint density at radius 1 is 1.13 bits per heavy atom. The SMILES string of the molecule is CC=CC=CC(=O)N1CCc2ccccc2C1C(=O)Nc1ccc(C(=O)O)cc1C. The van der Waals surface area contributed by atoms with Crippen molar-refractivity contribution in [1.82, 2.24) is 4.90 Å². The van der Waals surface area contributed by atoms with E-state index in [1.54, 1.807) is 30.0 Å². The zero-order valence-corrected chi connectivity index (χ0v) is 17.0. The number of carboxylic acid groups (broad SMARTS) is 1. The highest BCUT2D eigenvalue weighted by atomic mass is 16.4. The molecule has 30 heavy (non-hydrogen) atoms. The van der Waals surface area contributed by atoms with Gasteiger partial charge in [-0.25, -0.2) is 4.79 Å². The summed E-state index contributed by atoms with van der Waals surface area (Å²) in [5.41, 5.74) is 3.15. The van der Waals surface area contributed by atoms with Crippen molar-refractivity contribution in [2.75, 3.05) is 11.9 Å². The van der Waals surface area contributed by atoms with Gasteiger partial charge in [0.2, 0.25) is 5.91 Å². The third kappa shape index (κ3) is 4.49. The monoisotopic (exact) mass is 404 g/mol. The van der Waals surface area contributed by atoms with E-state index in [-0.39, 0.29) is 17.4 Å². The fourth-order valence-electron chi connectivity index (χ4n) is 3.57. The van der Waals surface area contributed by atoms with E-state index < -0.39 is 12.0 Å². The Kier molecular flexibility index (Phi) is 6.47. The molecule has 1 aliphatic rings. The molecule has 1 heterocycles. The van der Waals surface area contributed by atoms with E-state index in [2.05, 4.69) is 5.32 Å². The van der Waals surface area contributed by atoms with Crippen molar-refractivity contribution in [2.24, 2.45) is 0 Å². The number of hydrogen-bond acceptors (Lipinski definition) is 3. The van der Waals surface area contributed by atoms with Crippen molar-refractivity contribution in [3.05, 3.63) is 89.0 Å². The summed E-state index contributed by atoms with van der Waals surface area (Å²) < 4.78 is 0. The maximum Gasteiger partial charge on any atom is 0.335 e. The lowest BCUT2D eigenvalue weighted by atomic mass is 9.91. The molecule has 2 aromatic carbocycles. The molecule has 0 saturated heterocycles. The summed E-state index contributed by atoms with van der Waals surface area (Å²) in [5, 5.41) is 12.0. The van der Waals surface area contributed by atoms with Crippen LogP contribution in [-0.4, -0.2) is 34.3 Å². The number of anilines is 1. The Bertz CT molecular complexity index is 1040. The Morgan fingerprint density at radius 2 is 1.90 bits per heavy atom. The molecule has 154 valence electrons. The number of hydrogen-bond donors (Lipinski definition) is 2. The zero-order valence-electron chi connectivity index (χ0n) is 17.0. The summed E-state index contributed by atoms with van der Waals surface area (Å²) in [6.07, 6.45) is 7.38. The van der Waals surface area contributed by atoms with Crippen LogP contribution in [0.2, 0.25) is 0 Å². The van der Waals surface area contributed by atoms with Crippen LogP contribution in [0.25, 0.3) is 0 Å². The molecule has 3 rings (SSSR count). The van der Waals surface area contributed by atoms with Crippen molar-refractivity contribution >= 4 is 23.5 Å². The number of aromatic carboxylic acids is 1. The summed E-state index contributed by atoms with van der Waals surface area (Å²) in [4.78, 5) is 38.8. The van der Waals surface area contributed by atoms with Gasteiger partial charge in [0.1, 0.15) is 6.04 Å². The number of amides is 2. The third-order valence-corrected chi connectivity index (χ3v) is 5.09. The lowest BCUT2D eigenvalue weighted by Gasteiger charge is -2.36. The van der Waals surface area contributed by atoms with Crippen LogP contribution in [0.1, 0.15) is 40.0 Å². The van der Waals surface area contributed by atoms with Gasteiger partial charge in [-0.2, -0.15) is 0 Å². The molecule has 1 unspecified atom stereocenters. The molecule has 6 nitrogen and oxygen atoms in total. The number of aryl methyl sites for hydroxylation is 1. The van der Waals surface area contributed by atoms with Crippen LogP contribution in [-0.2, 0) is 16.0 Å². The first-order chi connectivity index (χ1) is 14.4. The molecule has 0 aromatic heterocycles. The molecule has 0 bridgehead atoms. The van der Waals surface area contributed by atoms with Gasteiger partial charge in [0, 0.05) is 18.3 Å². The van der Waals surface area contributed by atoms with Gasteiger partial charge in [0.25, 0.3) is 5.91 Å². The van der Waals surface area contributed by atoms with E-state index in [0.29, 0.717) is 24.2 Å². The Morgan fingerprint density at radius 3 is 2.60 bits per heavy atom. The average molecular weight is 404 g/mol. The molecule has 2 aromatic rings. The first-order valence-electron chi connectivity index (χ1n) is 9.75. The summed E-state index contributed by atoms with van der Waals surface area (Å²) in [6.45, 7) is 4.03. The van der Waals surface area contributed by atoms with Crippen molar-refractivity contribution < 1.29 is 19.5 Å². The van der Waals surface area contributed by atoms with Crippen LogP contribution in [0.5, 0.6) is 0 Å². The van der Waals surface area contributed by atoms with Gasteiger partial charge in [0.05, 0.1) is 5.56 Å². The van der Waals surface area contributed by atoms with Crippen molar-refractivity contribution in [3.63, 3.8) is 0 Å². The second-order valence-electron chi connectivity index (χ2n) is 7.09. The van der Waals surface area contributed by atoms with E-state index in [4.69, 9.17) is 5.11 Å². The number of rotatable bonds is 5. The predicted molar refractivity (Wildman–Crippen MR) is 115 cm³/mol. The van der Waals surface area contributed by atoms with Crippen LogP contribution in [0, 0.1) is 6.92 Å². The van der Waals surface area contributed by atoms with E-state index in [1.165, 1.54) is 18.2 Å². The molecule has 1 atom stereocenters. The van der Waals surface area contributed by atoms with Gasteiger partial charge >= 0.3 is 5.97 Å². The van der Waals surface area contributed by atoms with Gasteiger partial charge in [-0.15, -0.1) is 0 Å². The Labute approximate surface area is 175 Å². The van der Waals surface area contributed by atoms with Crippen LogP contribution < -0.4 is 5.32 Å². The quantitative estimate of drug-likeness (QED) is 0.585. The number of carbonyl (C=O) groups is 3. The number of nitrogens with one attached hydrogen (secondary N) is 1. The molecular weight excluding hydrogens is 380 g/mol. The molecule has 0 aliphatic carbocycles. The second-order valence-corrected chi connectivity index (χ2v) is 7.09. The predicted octanol–water partition coefficient (Wildman–Crippen LogP) is 3.89. The lowest BCUT2D eigenvalue weighted by molar-refractivity contribution is -0.135. The number of allylic oxidation sites excluding steroid dienone is 3. The third-order valence-electron chi connectivity index (χ3n) is 5.09. The van der Waals surface area contributed by atoms with Crippen molar-refractivity contribution in [3.8, 4) is 0 Å². The molecule has 0 fully saturated rings. The summed E-state index contributed by atoms with van der Waals surface area (Å²) in [6, 6.07) is 11.4. The number of fused-ring (bicyclic) bond motifs is 1. The molecule has 0 spiro atoms. The van der Waals surface area contributed by atoms with Crippen LogP contribution in [0.4, 0.5) is 5.69 Å². The Balaban J connectivity index is 1.93. The highest BCUT2D eigenvalue weighted by molar-refractivity contribution is 6.01. The fourth-order valence-corrected chi connectivity index (χ4v) is 3.57. The van der Waals surface area contributed by atoms with Gasteiger partial charge in [-0.1, -0.05) is 42.5 Å². The largest absolute Gasteiger partial charge is 0.478 e. The topological polar surface area (TPSA) is 86.7 Å². The highest BCUT2D eigenvalue weighted by Crippen LogP contribution is 2.31. The van der Waals surface area contributed by atoms with Crippen LogP contribution in [0.3, 0.4) is 0 Å². The van der Waals surface area contributed by atoms with Gasteiger partial charge in [-0.05, 0) is 55.2 Å². The van der Waals surface area contributed by atoms with Gasteiger partial charge in [0.15, 0.2) is 0 Å². The molecule has 0 radical (unpaired) electrons. The normalized spacial score (nSPS) is 15.9. The zero-order chi connectivity index (χ0) is 21.7. The van der Waals surface area contributed by atoms with E-state index in [9.17, 15) is 14.4 Å². The average Bonchev–Trinajstić information content (AvgIpc) is 2.74.